The van der Waals surface area contributed by atoms with Crippen LogP contribution in [-0.2, 0) is 22.6 Å². The van der Waals surface area contributed by atoms with Crippen molar-refractivity contribution in [3.63, 3.8) is 0 Å². The Kier molecular flexibility index (Phi) is 4.39. The molecule has 0 spiro atoms. The van der Waals surface area contributed by atoms with E-state index in [1.54, 1.807) is 16.7 Å². The number of β-lactam (4-membered cyclic amide) rings is 1. The van der Waals surface area contributed by atoms with Crippen molar-refractivity contribution in [2.24, 2.45) is 5.73 Å². The highest BCUT2D eigenvalue weighted by atomic mass is 32.2. The molecule has 0 radical (unpaired) electrons. The van der Waals surface area contributed by atoms with Gasteiger partial charge in [0, 0.05) is 11.3 Å². The molecule has 3 atom stereocenters. The summed E-state index contributed by atoms with van der Waals surface area (Å²) >= 11 is 1.64. The number of nitrogens with one attached hydrogen (secondary N) is 2. The molecule has 3 heterocycles. The Hall–Kier alpha value is -2.46. The van der Waals surface area contributed by atoms with E-state index in [4.69, 9.17) is 5.73 Å². The molecule has 2 amide bonds. The predicted octanol–water partition coefficient (Wildman–Crippen LogP) is 0.121. The smallest absolute Gasteiger partial charge is 0.249 e. The van der Waals surface area contributed by atoms with Crippen LogP contribution >= 0.6 is 11.8 Å². The molecule has 2 aliphatic rings. The van der Waals surface area contributed by atoms with Gasteiger partial charge in [-0.1, -0.05) is 29.5 Å². The monoisotopic (exact) mass is 387 g/mol. The summed E-state index contributed by atoms with van der Waals surface area (Å²) in [5.74, 6) is 0.211. The van der Waals surface area contributed by atoms with Gasteiger partial charge in [0.2, 0.25) is 11.8 Å². The topological polar surface area (TPSA) is 130 Å². The summed E-state index contributed by atoms with van der Waals surface area (Å²) in [5, 5.41) is 16.9. The average Bonchev–Trinajstić information content (AvgIpc) is 3.24. The van der Waals surface area contributed by atoms with Crippen LogP contribution in [0.3, 0.4) is 0 Å². The third-order valence-corrected chi connectivity index (χ3v) is 6.56. The molecule has 4 rings (SSSR count). The molecule has 0 bridgehead atoms. The van der Waals surface area contributed by atoms with Gasteiger partial charge in [0.05, 0.1) is 6.42 Å². The molecule has 27 heavy (non-hydrogen) atoms. The van der Waals surface area contributed by atoms with Gasteiger partial charge in [-0.2, -0.15) is 5.21 Å². The highest BCUT2D eigenvalue weighted by molar-refractivity contribution is 8.01. The largest absolute Gasteiger partial charge is 0.341 e. The third-order valence-electron chi connectivity index (χ3n) is 4.99. The zero-order valence-electron chi connectivity index (χ0n) is 15.0. The maximum atomic E-state index is 12.7. The van der Waals surface area contributed by atoms with Gasteiger partial charge in [-0.3, -0.25) is 9.59 Å². The van der Waals surface area contributed by atoms with Gasteiger partial charge in [-0.05, 0) is 25.0 Å². The summed E-state index contributed by atoms with van der Waals surface area (Å²) in [5.41, 5.74) is 7.49. The molecule has 2 aromatic rings. The molecule has 2 fully saturated rings. The van der Waals surface area contributed by atoms with Gasteiger partial charge in [-0.25, -0.2) is 0 Å². The zero-order chi connectivity index (χ0) is 19.2. The van der Waals surface area contributed by atoms with Crippen molar-refractivity contribution >= 4 is 23.6 Å². The van der Waals surface area contributed by atoms with E-state index in [2.05, 4.69) is 25.9 Å². The molecule has 4 N–H and O–H groups in total. The van der Waals surface area contributed by atoms with E-state index < -0.39 is 6.04 Å². The lowest BCUT2D eigenvalue weighted by atomic mass is 9.95. The molecule has 2 unspecified atom stereocenters. The van der Waals surface area contributed by atoms with Gasteiger partial charge >= 0.3 is 0 Å². The Morgan fingerprint density at radius 2 is 2.04 bits per heavy atom. The van der Waals surface area contributed by atoms with Gasteiger partial charge < -0.3 is 16.0 Å². The minimum Gasteiger partial charge on any atom is -0.341 e. The van der Waals surface area contributed by atoms with Crippen molar-refractivity contribution in [1.29, 1.82) is 0 Å². The van der Waals surface area contributed by atoms with Gasteiger partial charge in [0.25, 0.3) is 0 Å². The maximum Gasteiger partial charge on any atom is 0.249 e. The summed E-state index contributed by atoms with van der Waals surface area (Å²) in [6.45, 7) is 4.56. The molecule has 10 heteroatoms. The summed E-state index contributed by atoms with van der Waals surface area (Å²) < 4.78 is -0.276. The predicted molar refractivity (Wildman–Crippen MR) is 99.2 cm³/mol. The third kappa shape index (κ3) is 3.08. The zero-order valence-corrected chi connectivity index (χ0v) is 15.9. The second-order valence-electron chi connectivity index (χ2n) is 7.27. The number of fused-ring (bicyclic) bond motifs is 1. The Morgan fingerprint density at radius 1 is 1.33 bits per heavy atom. The van der Waals surface area contributed by atoms with E-state index in [0.29, 0.717) is 12.4 Å². The number of nitrogens with zero attached hydrogens (tertiary/aromatic N) is 4. The van der Waals surface area contributed by atoms with Crippen LogP contribution in [-0.4, -0.2) is 53.5 Å². The maximum absolute atomic E-state index is 12.7. The van der Waals surface area contributed by atoms with E-state index in [1.807, 2.05) is 38.1 Å². The molecule has 2 aliphatic heterocycles. The van der Waals surface area contributed by atoms with Gasteiger partial charge in [0.15, 0.2) is 5.82 Å². The number of tetrazole rings is 1. The van der Waals surface area contributed by atoms with Crippen molar-refractivity contribution in [3.05, 3.63) is 41.2 Å². The molecular weight excluding hydrogens is 366 g/mol. The van der Waals surface area contributed by atoms with Gasteiger partial charge in [0.1, 0.15) is 17.5 Å². The number of amides is 2. The number of carbonyl (C=O) groups is 2. The fraction of sp³-hybridized carbons (Fsp3) is 0.471. The lowest BCUT2D eigenvalue weighted by Crippen LogP contribution is -2.68. The van der Waals surface area contributed by atoms with E-state index in [-0.39, 0.29) is 34.4 Å². The highest BCUT2D eigenvalue weighted by Crippen LogP contribution is 2.56. The summed E-state index contributed by atoms with van der Waals surface area (Å²) in [4.78, 5) is 26.9. The Morgan fingerprint density at radius 3 is 2.67 bits per heavy atom. The van der Waals surface area contributed by atoms with Crippen LogP contribution in [0.4, 0.5) is 0 Å². The number of rotatable bonds is 5. The molecule has 0 saturated carbocycles. The second kappa shape index (κ2) is 6.61. The SMILES string of the molecule is CC1(C)S[C@H]2C(NC(=O)Cc3ccc(CN)cc3)C(=O)N2C1c1nn[nH]n1. The second-order valence-corrected chi connectivity index (χ2v) is 9.04. The highest BCUT2D eigenvalue weighted by Gasteiger charge is 2.63. The number of aromatic amines is 1. The number of aromatic nitrogens is 4. The first kappa shape index (κ1) is 17.9. The van der Waals surface area contributed by atoms with Gasteiger partial charge in [-0.15, -0.1) is 22.0 Å². The average molecular weight is 387 g/mol. The number of nitrogens with two attached hydrogens (primary N) is 1. The van der Waals surface area contributed by atoms with E-state index in [0.717, 1.165) is 11.1 Å². The van der Waals surface area contributed by atoms with Crippen LogP contribution < -0.4 is 11.1 Å². The lowest BCUT2D eigenvalue weighted by Gasteiger charge is -2.44. The van der Waals surface area contributed by atoms with Crippen LogP contribution in [0.25, 0.3) is 0 Å². The van der Waals surface area contributed by atoms with Crippen molar-refractivity contribution in [2.75, 3.05) is 0 Å². The molecule has 142 valence electrons. The lowest BCUT2D eigenvalue weighted by molar-refractivity contribution is -0.151. The minimum absolute atomic E-state index is 0.111. The number of hydrogen-bond donors (Lipinski definition) is 3. The molecule has 1 aromatic heterocycles. The van der Waals surface area contributed by atoms with Crippen LogP contribution in [0.1, 0.15) is 36.8 Å². The van der Waals surface area contributed by atoms with E-state index in [1.165, 1.54) is 0 Å². The molecule has 0 aliphatic carbocycles. The fourth-order valence-electron chi connectivity index (χ4n) is 3.65. The quantitative estimate of drug-likeness (QED) is 0.621. The first-order valence-electron chi connectivity index (χ1n) is 8.71. The van der Waals surface area contributed by atoms with Crippen molar-refractivity contribution in [1.82, 2.24) is 30.8 Å². The van der Waals surface area contributed by atoms with Crippen molar-refractivity contribution in [2.45, 2.75) is 49.0 Å². The first-order chi connectivity index (χ1) is 12.9. The number of hydrogen-bond acceptors (Lipinski definition) is 7. The van der Waals surface area contributed by atoms with Crippen LogP contribution in [0, 0.1) is 0 Å². The summed E-state index contributed by atoms with van der Waals surface area (Å²) in [7, 11) is 0. The summed E-state index contributed by atoms with van der Waals surface area (Å²) in [6.07, 6.45) is 0.226. The number of benzene rings is 1. The van der Waals surface area contributed by atoms with E-state index >= 15 is 0 Å². The Balaban J connectivity index is 1.43. The number of thioether (sulfide) groups is 1. The fourth-order valence-corrected chi connectivity index (χ4v) is 5.28. The normalized spacial score (nSPS) is 25.8. The molecule has 1 aromatic carbocycles. The number of carbonyl (C=O) groups excluding carboxylic acids is 2. The van der Waals surface area contributed by atoms with Crippen LogP contribution in [0.5, 0.6) is 0 Å². The minimum atomic E-state index is -0.526. The van der Waals surface area contributed by atoms with Crippen LogP contribution in [0.15, 0.2) is 24.3 Å². The van der Waals surface area contributed by atoms with Crippen molar-refractivity contribution in [3.8, 4) is 0 Å². The molecule has 9 nitrogen and oxygen atoms in total. The Labute approximate surface area is 160 Å². The van der Waals surface area contributed by atoms with Crippen molar-refractivity contribution < 1.29 is 9.59 Å². The van der Waals surface area contributed by atoms with E-state index in [9.17, 15) is 9.59 Å². The first-order valence-corrected chi connectivity index (χ1v) is 9.59. The number of H-pyrrole nitrogens is 1. The molecule has 2 saturated heterocycles. The molecular formula is C17H21N7O2S. The Bertz CT molecular complexity index is 853. The van der Waals surface area contributed by atoms with Crippen LogP contribution in [0.2, 0.25) is 0 Å². The standard InChI is InChI=1S/C17H21N7O2S/c1-17(2)13(14-20-22-23-21-14)24-15(26)12(16(24)27-17)19-11(25)7-9-3-5-10(8-18)6-4-9/h3-6,12-13,16H,7-8,18H2,1-2H3,(H,19,25)(H,20,21,22,23)/t12?,13?,16-/m0/s1. The summed E-state index contributed by atoms with van der Waals surface area (Å²) in [6, 6.07) is 6.79.